The molecule has 1 aliphatic rings. The number of hydrogen-bond acceptors (Lipinski definition) is 6. The predicted molar refractivity (Wildman–Crippen MR) is 112 cm³/mol. The zero-order chi connectivity index (χ0) is 18.9. The Kier molecular flexibility index (Phi) is 4.84. The van der Waals surface area contributed by atoms with E-state index in [1.54, 1.807) is 0 Å². The highest BCUT2D eigenvalue weighted by atomic mass is 35.5. The van der Waals surface area contributed by atoms with Crippen molar-refractivity contribution in [3.63, 3.8) is 0 Å². The van der Waals surface area contributed by atoms with Crippen molar-refractivity contribution in [3.8, 4) is 11.5 Å². The molecule has 0 bridgehead atoms. The van der Waals surface area contributed by atoms with Crippen molar-refractivity contribution in [2.75, 3.05) is 13.1 Å². The highest BCUT2D eigenvalue weighted by molar-refractivity contribution is 7.18. The third-order valence-electron chi connectivity index (χ3n) is 5.10. The standard InChI is InChI=1S/C21H19ClN4OS/c22-16-8-2-1-7-15(16)20-25-24-19(27-20)13-26-11-5-6-14(12-26)21-23-17-9-3-4-10-18(17)28-21/h1-4,7-10,14H,5-6,11-13H2/t14-/m1/s1. The number of rotatable bonds is 4. The van der Waals surface area contributed by atoms with Crippen molar-refractivity contribution in [2.24, 2.45) is 0 Å². The topological polar surface area (TPSA) is 55.1 Å². The molecule has 0 N–H and O–H groups in total. The van der Waals surface area contributed by atoms with Crippen LogP contribution in [0.3, 0.4) is 0 Å². The van der Waals surface area contributed by atoms with Gasteiger partial charge in [-0.2, -0.15) is 0 Å². The Morgan fingerprint density at radius 2 is 1.96 bits per heavy atom. The van der Waals surface area contributed by atoms with E-state index in [-0.39, 0.29) is 0 Å². The largest absolute Gasteiger partial charge is 0.419 e. The molecule has 3 heterocycles. The number of thiazole rings is 1. The van der Waals surface area contributed by atoms with E-state index in [9.17, 15) is 0 Å². The molecule has 0 spiro atoms. The molecule has 7 heteroatoms. The zero-order valence-electron chi connectivity index (χ0n) is 15.2. The lowest BCUT2D eigenvalue weighted by Gasteiger charge is -2.30. The molecule has 0 aliphatic carbocycles. The molecule has 0 amide bonds. The molecule has 0 unspecified atom stereocenters. The number of hydrogen-bond donors (Lipinski definition) is 0. The van der Waals surface area contributed by atoms with Crippen molar-refractivity contribution in [3.05, 3.63) is 64.5 Å². The van der Waals surface area contributed by atoms with Crippen LogP contribution < -0.4 is 0 Å². The van der Waals surface area contributed by atoms with Gasteiger partial charge in [0.2, 0.25) is 11.8 Å². The number of benzene rings is 2. The van der Waals surface area contributed by atoms with Gasteiger partial charge in [-0.1, -0.05) is 35.9 Å². The average Bonchev–Trinajstić information content (AvgIpc) is 3.35. The third kappa shape index (κ3) is 3.55. The van der Waals surface area contributed by atoms with E-state index >= 15 is 0 Å². The van der Waals surface area contributed by atoms with Gasteiger partial charge in [0.05, 0.1) is 32.4 Å². The number of aromatic nitrogens is 3. The van der Waals surface area contributed by atoms with Crippen molar-refractivity contribution < 1.29 is 4.42 Å². The van der Waals surface area contributed by atoms with Crippen molar-refractivity contribution in [1.29, 1.82) is 0 Å². The monoisotopic (exact) mass is 410 g/mol. The summed E-state index contributed by atoms with van der Waals surface area (Å²) >= 11 is 8.05. The lowest BCUT2D eigenvalue weighted by atomic mass is 9.99. The quantitative estimate of drug-likeness (QED) is 0.452. The Morgan fingerprint density at radius 1 is 1.11 bits per heavy atom. The third-order valence-corrected chi connectivity index (χ3v) is 6.62. The van der Waals surface area contributed by atoms with Gasteiger partial charge in [0.25, 0.3) is 0 Å². The summed E-state index contributed by atoms with van der Waals surface area (Å²) in [5.41, 5.74) is 1.87. The smallest absolute Gasteiger partial charge is 0.249 e. The SMILES string of the molecule is Clc1ccccc1-c1nnc(CN2CCC[C@@H](c3nc4ccccc4s3)C2)o1. The first-order valence-corrected chi connectivity index (χ1v) is 10.6. The minimum absolute atomic E-state index is 0.456. The van der Waals surface area contributed by atoms with Crippen LogP contribution in [-0.2, 0) is 6.54 Å². The van der Waals surface area contributed by atoms with Crippen LogP contribution in [0.4, 0.5) is 0 Å². The molecule has 1 saturated heterocycles. The minimum atomic E-state index is 0.456. The first-order chi connectivity index (χ1) is 13.8. The van der Waals surface area contributed by atoms with Gasteiger partial charge in [0.1, 0.15) is 0 Å². The second kappa shape index (κ2) is 7.62. The minimum Gasteiger partial charge on any atom is -0.419 e. The Morgan fingerprint density at radius 3 is 2.86 bits per heavy atom. The Bertz CT molecular complexity index is 1080. The molecule has 1 aliphatic heterocycles. The van der Waals surface area contributed by atoms with Crippen LogP contribution in [0, 0.1) is 0 Å². The van der Waals surface area contributed by atoms with Gasteiger partial charge < -0.3 is 4.42 Å². The molecule has 142 valence electrons. The highest BCUT2D eigenvalue weighted by Gasteiger charge is 2.25. The second-order valence-electron chi connectivity index (χ2n) is 7.07. The molecule has 0 saturated carbocycles. The number of halogens is 1. The fraction of sp³-hybridized carbons (Fsp3) is 0.286. The molecule has 2 aromatic carbocycles. The van der Waals surface area contributed by atoms with Gasteiger partial charge in [0, 0.05) is 12.5 Å². The molecule has 28 heavy (non-hydrogen) atoms. The van der Waals surface area contributed by atoms with Gasteiger partial charge in [0.15, 0.2) is 0 Å². The molecule has 0 radical (unpaired) electrons. The number of likely N-dealkylation sites (tertiary alicyclic amines) is 1. The van der Waals surface area contributed by atoms with E-state index in [0.29, 0.717) is 29.3 Å². The van der Waals surface area contributed by atoms with E-state index < -0.39 is 0 Å². The second-order valence-corrected chi connectivity index (χ2v) is 8.54. The fourth-order valence-electron chi connectivity index (χ4n) is 3.72. The number of para-hydroxylation sites is 1. The summed E-state index contributed by atoms with van der Waals surface area (Å²) in [7, 11) is 0. The Hall–Kier alpha value is -2.28. The zero-order valence-corrected chi connectivity index (χ0v) is 16.8. The molecule has 1 fully saturated rings. The van der Waals surface area contributed by atoms with Crippen molar-refractivity contribution in [2.45, 2.75) is 25.3 Å². The van der Waals surface area contributed by atoms with Crippen molar-refractivity contribution in [1.82, 2.24) is 20.1 Å². The van der Waals surface area contributed by atoms with Gasteiger partial charge in [-0.3, -0.25) is 4.90 Å². The summed E-state index contributed by atoms with van der Waals surface area (Å²) in [6.07, 6.45) is 2.32. The van der Waals surface area contributed by atoms with E-state index in [4.69, 9.17) is 21.0 Å². The summed E-state index contributed by atoms with van der Waals surface area (Å²) in [4.78, 5) is 7.24. The molecule has 5 rings (SSSR count). The Labute approximate surface area is 172 Å². The molecule has 2 aromatic heterocycles. The maximum atomic E-state index is 6.24. The average molecular weight is 411 g/mol. The lowest BCUT2D eigenvalue weighted by molar-refractivity contribution is 0.184. The van der Waals surface area contributed by atoms with E-state index in [1.807, 2.05) is 41.7 Å². The first kappa shape index (κ1) is 17.8. The van der Waals surface area contributed by atoms with Crippen LogP contribution >= 0.6 is 22.9 Å². The predicted octanol–water partition coefficient (Wildman–Crippen LogP) is 5.38. The van der Waals surface area contributed by atoms with Gasteiger partial charge in [-0.15, -0.1) is 21.5 Å². The highest BCUT2D eigenvalue weighted by Crippen LogP contribution is 2.33. The molecule has 1 atom stereocenters. The summed E-state index contributed by atoms with van der Waals surface area (Å²) < 4.78 is 7.14. The molecule has 4 aromatic rings. The van der Waals surface area contributed by atoms with Gasteiger partial charge >= 0.3 is 0 Å². The van der Waals surface area contributed by atoms with E-state index in [0.717, 1.165) is 30.6 Å². The van der Waals surface area contributed by atoms with Crippen LogP contribution in [0.25, 0.3) is 21.7 Å². The molecular weight excluding hydrogens is 392 g/mol. The summed E-state index contributed by atoms with van der Waals surface area (Å²) in [5, 5.41) is 10.3. The van der Waals surface area contributed by atoms with E-state index in [2.05, 4.69) is 33.3 Å². The number of fused-ring (bicyclic) bond motifs is 1. The summed E-state index contributed by atoms with van der Waals surface area (Å²) in [6.45, 7) is 2.65. The van der Waals surface area contributed by atoms with E-state index in [1.165, 1.54) is 16.1 Å². The van der Waals surface area contributed by atoms with Crippen LogP contribution in [0.15, 0.2) is 52.9 Å². The van der Waals surface area contributed by atoms with Crippen LogP contribution in [0.2, 0.25) is 5.02 Å². The first-order valence-electron chi connectivity index (χ1n) is 9.41. The maximum absolute atomic E-state index is 6.24. The number of nitrogens with zero attached hydrogens (tertiary/aromatic N) is 4. The fourth-order valence-corrected chi connectivity index (χ4v) is 5.03. The maximum Gasteiger partial charge on any atom is 0.249 e. The normalized spacial score (nSPS) is 18.0. The number of piperidine rings is 1. The molecule has 5 nitrogen and oxygen atoms in total. The van der Waals surface area contributed by atoms with Gasteiger partial charge in [-0.05, 0) is 43.7 Å². The molecular formula is C21H19ClN4OS. The van der Waals surface area contributed by atoms with Crippen molar-refractivity contribution >= 4 is 33.2 Å². The van der Waals surface area contributed by atoms with Crippen LogP contribution in [0.1, 0.15) is 29.7 Å². The summed E-state index contributed by atoms with van der Waals surface area (Å²) in [6, 6.07) is 15.9. The Balaban J connectivity index is 1.30. The summed E-state index contributed by atoms with van der Waals surface area (Å²) in [5.74, 6) is 1.55. The van der Waals surface area contributed by atoms with Gasteiger partial charge in [-0.25, -0.2) is 4.98 Å². The lowest BCUT2D eigenvalue weighted by Crippen LogP contribution is -2.33. The van der Waals surface area contributed by atoms with Crippen LogP contribution in [0.5, 0.6) is 0 Å². The van der Waals surface area contributed by atoms with Crippen LogP contribution in [-0.4, -0.2) is 33.2 Å².